The van der Waals surface area contributed by atoms with Crippen molar-refractivity contribution in [1.29, 1.82) is 0 Å². The molecule has 0 aliphatic carbocycles. The average Bonchev–Trinajstić information content (AvgIpc) is 2.47. The molecule has 1 N–H and O–H groups in total. The second-order valence-electron chi connectivity index (χ2n) is 4.19. The molecular weight excluding hydrogens is 325 g/mol. The van der Waals surface area contributed by atoms with E-state index in [0.29, 0.717) is 18.0 Å². The van der Waals surface area contributed by atoms with Gasteiger partial charge in [-0.2, -0.15) is 0 Å². The molecule has 0 amide bonds. The van der Waals surface area contributed by atoms with E-state index in [1.165, 1.54) is 12.1 Å². The van der Waals surface area contributed by atoms with E-state index < -0.39 is 0 Å². The molecule has 5 heteroatoms. The van der Waals surface area contributed by atoms with Crippen LogP contribution in [-0.2, 0) is 6.54 Å². The second kappa shape index (κ2) is 6.61. The van der Waals surface area contributed by atoms with E-state index in [2.05, 4.69) is 21.2 Å². The minimum absolute atomic E-state index is 0.256. The Labute approximate surface area is 125 Å². The standard InChI is InChI=1S/C15H15BrFNO2/c1-19-13-6-12(7-14(8-13)20-2)18-9-10-5-11(17)3-4-15(10)16/h3-8,18H,9H2,1-2H3. The Bertz CT molecular complexity index is 582. The number of rotatable bonds is 5. The average molecular weight is 340 g/mol. The zero-order chi connectivity index (χ0) is 14.5. The van der Waals surface area contributed by atoms with Crippen LogP contribution in [0.3, 0.4) is 0 Å². The van der Waals surface area contributed by atoms with E-state index in [4.69, 9.17) is 9.47 Å². The Hall–Kier alpha value is -1.75. The van der Waals surface area contributed by atoms with Gasteiger partial charge in [0.2, 0.25) is 0 Å². The monoisotopic (exact) mass is 339 g/mol. The van der Waals surface area contributed by atoms with E-state index in [-0.39, 0.29) is 5.82 Å². The smallest absolute Gasteiger partial charge is 0.124 e. The molecule has 2 aromatic rings. The molecule has 0 unspecified atom stereocenters. The molecule has 0 radical (unpaired) electrons. The molecule has 0 aliphatic heterocycles. The summed E-state index contributed by atoms with van der Waals surface area (Å²) in [5, 5.41) is 3.22. The largest absolute Gasteiger partial charge is 0.497 e. The van der Waals surface area contributed by atoms with E-state index >= 15 is 0 Å². The van der Waals surface area contributed by atoms with Gasteiger partial charge in [0.15, 0.2) is 0 Å². The lowest BCUT2D eigenvalue weighted by Gasteiger charge is -2.11. The second-order valence-corrected chi connectivity index (χ2v) is 5.04. The van der Waals surface area contributed by atoms with Crippen LogP contribution in [0.5, 0.6) is 11.5 Å². The van der Waals surface area contributed by atoms with Crippen LogP contribution in [0.1, 0.15) is 5.56 Å². The van der Waals surface area contributed by atoms with E-state index in [9.17, 15) is 4.39 Å². The van der Waals surface area contributed by atoms with Gasteiger partial charge in [-0.3, -0.25) is 0 Å². The summed E-state index contributed by atoms with van der Waals surface area (Å²) in [5.74, 6) is 1.14. The minimum atomic E-state index is -0.256. The topological polar surface area (TPSA) is 30.5 Å². The summed E-state index contributed by atoms with van der Waals surface area (Å²) in [5.41, 5.74) is 1.68. The third-order valence-electron chi connectivity index (χ3n) is 2.84. The maximum Gasteiger partial charge on any atom is 0.124 e. The predicted molar refractivity (Wildman–Crippen MR) is 81.0 cm³/mol. The van der Waals surface area contributed by atoms with Crippen LogP contribution in [-0.4, -0.2) is 14.2 Å². The molecule has 20 heavy (non-hydrogen) atoms. The summed E-state index contributed by atoms with van der Waals surface area (Å²) < 4.78 is 24.5. The maximum atomic E-state index is 13.2. The predicted octanol–water partition coefficient (Wildman–Crippen LogP) is 4.22. The quantitative estimate of drug-likeness (QED) is 0.884. The van der Waals surface area contributed by atoms with Crippen molar-refractivity contribution in [3.8, 4) is 11.5 Å². The summed E-state index contributed by atoms with van der Waals surface area (Å²) in [6.07, 6.45) is 0. The summed E-state index contributed by atoms with van der Waals surface area (Å²) in [6, 6.07) is 10.1. The van der Waals surface area contributed by atoms with Gasteiger partial charge >= 0.3 is 0 Å². The molecule has 0 heterocycles. The van der Waals surface area contributed by atoms with E-state index in [0.717, 1.165) is 15.7 Å². The molecule has 0 atom stereocenters. The maximum absolute atomic E-state index is 13.2. The van der Waals surface area contributed by atoms with E-state index in [1.807, 2.05) is 12.1 Å². The lowest BCUT2D eigenvalue weighted by Crippen LogP contribution is -2.01. The van der Waals surface area contributed by atoms with Crippen LogP contribution in [0, 0.1) is 5.82 Å². The lowest BCUT2D eigenvalue weighted by atomic mass is 10.2. The van der Waals surface area contributed by atoms with Gasteiger partial charge in [-0.15, -0.1) is 0 Å². The van der Waals surface area contributed by atoms with Crippen LogP contribution in [0.2, 0.25) is 0 Å². The zero-order valence-corrected chi connectivity index (χ0v) is 12.8. The number of halogens is 2. The van der Waals surface area contributed by atoms with E-state index in [1.54, 1.807) is 26.4 Å². The third kappa shape index (κ3) is 3.63. The third-order valence-corrected chi connectivity index (χ3v) is 3.62. The van der Waals surface area contributed by atoms with Crippen molar-refractivity contribution in [3.63, 3.8) is 0 Å². The highest BCUT2D eigenvalue weighted by Crippen LogP contribution is 2.27. The van der Waals surface area contributed by atoms with Gasteiger partial charge in [0.25, 0.3) is 0 Å². The van der Waals surface area contributed by atoms with Gasteiger partial charge in [-0.25, -0.2) is 4.39 Å². The molecule has 0 bridgehead atoms. The number of anilines is 1. The van der Waals surface area contributed by atoms with Gasteiger partial charge in [0.05, 0.1) is 14.2 Å². The first-order valence-corrected chi connectivity index (χ1v) is 6.82. The number of hydrogen-bond donors (Lipinski definition) is 1. The van der Waals surface area contributed by atoms with Crippen molar-refractivity contribution in [1.82, 2.24) is 0 Å². The normalized spacial score (nSPS) is 10.2. The number of hydrogen-bond acceptors (Lipinski definition) is 3. The van der Waals surface area contributed by atoms with Crippen molar-refractivity contribution in [3.05, 3.63) is 52.3 Å². The van der Waals surface area contributed by atoms with Crippen LogP contribution in [0.4, 0.5) is 10.1 Å². The Morgan fingerprint density at radius 1 is 1.05 bits per heavy atom. The summed E-state index contributed by atoms with van der Waals surface area (Å²) >= 11 is 3.40. The number of methoxy groups -OCH3 is 2. The lowest BCUT2D eigenvalue weighted by molar-refractivity contribution is 0.394. The van der Waals surface area contributed by atoms with Gasteiger partial charge in [0.1, 0.15) is 17.3 Å². The molecule has 0 saturated carbocycles. The molecular formula is C15H15BrFNO2. The molecule has 0 aliphatic rings. The van der Waals surface area contributed by atoms with Gasteiger partial charge in [-0.05, 0) is 23.8 Å². The van der Waals surface area contributed by atoms with Crippen molar-refractivity contribution in [2.45, 2.75) is 6.54 Å². The van der Waals surface area contributed by atoms with Crippen LogP contribution < -0.4 is 14.8 Å². The van der Waals surface area contributed by atoms with Crippen molar-refractivity contribution < 1.29 is 13.9 Å². The highest BCUT2D eigenvalue weighted by Gasteiger charge is 2.04. The zero-order valence-electron chi connectivity index (χ0n) is 11.2. The molecule has 106 valence electrons. The molecule has 2 rings (SSSR count). The summed E-state index contributed by atoms with van der Waals surface area (Å²) in [4.78, 5) is 0. The molecule has 0 aromatic heterocycles. The van der Waals surface area contributed by atoms with Gasteiger partial charge in [0, 0.05) is 34.9 Å². The number of nitrogens with one attached hydrogen (secondary N) is 1. The molecule has 0 spiro atoms. The van der Waals surface area contributed by atoms with Crippen molar-refractivity contribution in [2.75, 3.05) is 19.5 Å². The van der Waals surface area contributed by atoms with Crippen LogP contribution in [0.25, 0.3) is 0 Å². The van der Waals surface area contributed by atoms with Crippen molar-refractivity contribution in [2.24, 2.45) is 0 Å². The first-order chi connectivity index (χ1) is 9.62. The van der Waals surface area contributed by atoms with Gasteiger partial charge < -0.3 is 14.8 Å². The van der Waals surface area contributed by atoms with Gasteiger partial charge in [-0.1, -0.05) is 15.9 Å². The summed E-state index contributed by atoms with van der Waals surface area (Å²) in [6.45, 7) is 0.495. The molecule has 3 nitrogen and oxygen atoms in total. The Balaban J connectivity index is 2.16. The van der Waals surface area contributed by atoms with Crippen LogP contribution >= 0.6 is 15.9 Å². The molecule has 0 fully saturated rings. The first-order valence-electron chi connectivity index (χ1n) is 6.03. The fourth-order valence-electron chi connectivity index (χ4n) is 1.79. The molecule has 0 saturated heterocycles. The van der Waals surface area contributed by atoms with Crippen molar-refractivity contribution >= 4 is 21.6 Å². The number of benzene rings is 2. The summed E-state index contributed by atoms with van der Waals surface area (Å²) in [7, 11) is 3.20. The Kier molecular flexibility index (Phi) is 4.84. The number of ether oxygens (including phenoxy) is 2. The Morgan fingerprint density at radius 3 is 2.30 bits per heavy atom. The SMILES string of the molecule is COc1cc(NCc2cc(F)ccc2Br)cc(OC)c1. The fraction of sp³-hybridized carbons (Fsp3) is 0.200. The first kappa shape index (κ1) is 14.7. The highest BCUT2D eigenvalue weighted by atomic mass is 79.9. The highest BCUT2D eigenvalue weighted by molar-refractivity contribution is 9.10. The minimum Gasteiger partial charge on any atom is -0.497 e. The Morgan fingerprint density at radius 2 is 1.70 bits per heavy atom. The molecule has 2 aromatic carbocycles. The fourth-order valence-corrected chi connectivity index (χ4v) is 2.17. The van der Waals surface area contributed by atoms with Crippen LogP contribution in [0.15, 0.2) is 40.9 Å².